The minimum absolute atomic E-state index is 0.206. The van der Waals surface area contributed by atoms with E-state index in [9.17, 15) is 4.39 Å². The Balaban J connectivity index is 2.00. The highest BCUT2D eigenvalue weighted by Gasteiger charge is 2.06. The van der Waals surface area contributed by atoms with E-state index in [-0.39, 0.29) is 5.82 Å². The molecule has 0 aromatic heterocycles. The van der Waals surface area contributed by atoms with Gasteiger partial charge in [-0.25, -0.2) is 4.39 Å². The predicted molar refractivity (Wildman–Crippen MR) is 92.1 cm³/mol. The van der Waals surface area contributed by atoms with Crippen LogP contribution in [0.1, 0.15) is 25.0 Å². The molecule has 1 nitrogen and oxygen atoms in total. The highest BCUT2D eigenvalue weighted by Crippen LogP contribution is 2.28. The average molecular weight is 368 g/mol. The van der Waals surface area contributed by atoms with Gasteiger partial charge < -0.3 is 5.32 Å². The number of nitrogens with one attached hydrogen (secondary N) is 1. The van der Waals surface area contributed by atoms with E-state index in [0.717, 1.165) is 17.9 Å². The Labute approximate surface area is 138 Å². The Morgan fingerprint density at radius 1 is 1.19 bits per heavy atom. The molecule has 0 fully saturated rings. The van der Waals surface area contributed by atoms with Crippen LogP contribution in [0.5, 0.6) is 0 Å². The van der Waals surface area contributed by atoms with Crippen LogP contribution in [0.4, 0.5) is 4.39 Å². The molecule has 4 heteroatoms. The summed E-state index contributed by atoms with van der Waals surface area (Å²) in [5.74, 6) is 0.544. The minimum Gasteiger partial charge on any atom is -0.310 e. The van der Waals surface area contributed by atoms with Gasteiger partial charge in [0.1, 0.15) is 5.82 Å². The van der Waals surface area contributed by atoms with Gasteiger partial charge in [-0.2, -0.15) is 0 Å². The topological polar surface area (TPSA) is 12.0 Å². The number of rotatable bonds is 6. The van der Waals surface area contributed by atoms with Crippen LogP contribution >= 0.6 is 27.7 Å². The van der Waals surface area contributed by atoms with Gasteiger partial charge in [-0.05, 0) is 45.3 Å². The summed E-state index contributed by atoms with van der Waals surface area (Å²) < 4.78 is 14.0. The van der Waals surface area contributed by atoms with E-state index < -0.39 is 0 Å². The third kappa shape index (κ3) is 5.13. The smallest absolute Gasteiger partial charge is 0.137 e. The lowest BCUT2D eigenvalue weighted by atomic mass is 10.2. The Kier molecular flexibility index (Phi) is 6.27. The van der Waals surface area contributed by atoms with E-state index >= 15 is 0 Å². The summed E-state index contributed by atoms with van der Waals surface area (Å²) in [6.45, 7) is 5.15. The molecule has 0 bridgehead atoms. The van der Waals surface area contributed by atoms with E-state index in [0.29, 0.717) is 10.5 Å². The van der Waals surface area contributed by atoms with Crippen molar-refractivity contribution in [3.05, 3.63) is 63.9 Å². The number of hydrogen-bond donors (Lipinski definition) is 1. The zero-order chi connectivity index (χ0) is 15.2. The molecule has 0 amide bonds. The maximum atomic E-state index is 13.5. The quantitative estimate of drug-likeness (QED) is 0.687. The van der Waals surface area contributed by atoms with E-state index in [4.69, 9.17) is 0 Å². The fourth-order valence-electron chi connectivity index (χ4n) is 1.89. The first-order chi connectivity index (χ1) is 10.1. The summed E-state index contributed by atoms with van der Waals surface area (Å²) in [7, 11) is 0. The van der Waals surface area contributed by atoms with Crippen molar-refractivity contribution < 1.29 is 4.39 Å². The maximum absolute atomic E-state index is 13.5. The molecule has 2 rings (SSSR count). The number of hydrogen-bond acceptors (Lipinski definition) is 2. The molecule has 1 N–H and O–H groups in total. The normalized spacial score (nSPS) is 11.1. The van der Waals surface area contributed by atoms with Gasteiger partial charge in [0.15, 0.2) is 0 Å². The van der Waals surface area contributed by atoms with Crippen molar-refractivity contribution in [1.29, 1.82) is 0 Å². The second-order valence-corrected chi connectivity index (χ2v) is 7.03. The molecule has 2 aromatic carbocycles. The summed E-state index contributed by atoms with van der Waals surface area (Å²) in [5.41, 5.74) is 2.25. The molecule has 112 valence electrons. The first kappa shape index (κ1) is 16.5. The van der Waals surface area contributed by atoms with Crippen LogP contribution in [0.25, 0.3) is 0 Å². The molecule has 0 heterocycles. The second kappa shape index (κ2) is 7.97. The monoisotopic (exact) mass is 367 g/mol. The summed E-state index contributed by atoms with van der Waals surface area (Å²) in [6.07, 6.45) is 0. The van der Waals surface area contributed by atoms with Gasteiger partial charge in [-0.3, -0.25) is 0 Å². The summed E-state index contributed by atoms with van der Waals surface area (Å²) in [4.78, 5) is 1.20. The van der Waals surface area contributed by atoms with Crippen LogP contribution in [0.3, 0.4) is 0 Å². The molecule has 0 atom stereocenters. The third-order valence-corrected chi connectivity index (χ3v) is 4.97. The van der Waals surface area contributed by atoms with Crippen LogP contribution in [-0.4, -0.2) is 6.04 Å². The van der Waals surface area contributed by atoms with Crippen molar-refractivity contribution in [1.82, 2.24) is 5.32 Å². The summed E-state index contributed by atoms with van der Waals surface area (Å²) >= 11 is 5.03. The zero-order valence-corrected chi connectivity index (χ0v) is 14.6. The van der Waals surface area contributed by atoms with E-state index in [1.54, 1.807) is 17.8 Å². The summed E-state index contributed by atoms with van der Waals surface area (Å²) in [6, 6.07) is 14.1. The van der Waals surface area contributed by atoms with Gasteiger partial charge in [0.05, 0.1) is 4.47 Å². The molecule has 0 spiro atoms. The summed E-state index contributed by atoms with van der Waals surface area (Å²) in [5, 5.41) is 3.41. The molecule has 2 aromatic rings. The van der Waals surface area contributed by atoms with Gasteiger partial charge in [0, 0.05) is 23.2 Å². The Morgan fingerprint density at radius 3 is 2.71 bits per heavy atom. The predicted octanol–water partition coefficient (Wildman–Crippen LogP) is 5.38. The number of thioether (sulfide) groups is 1. The molecular weight excluding hydrogens is 349 g/mol. The van der Waals surface area contributed by atoms with E-state index in [1.165, 1.54) is 16.5 Å². The fourth-order valence-corrected chi connectivity index (χ4v) is 3.45. The van der Waals surface area contributed by atoms with E-state index in [2.05, 4.69) is 59.4 Å². The zero-order valence-electron chi connectivity index (χ0n) is 12.2. The first-order valence-corrected chi connectivity index (χ1v) is 8.72. The molecule has 0 saturated carbocycles. The molecule has 21 heavy (non-hydrogen) atoms. The SMILES string of the molecule is CC(C)NCc1cccc(SCc2cccc(F)c2Br)c1. The van der Waals surface area contributed by atoms with Gasteiger partial charge in [0.2, 0.25) is 0 Å². The van der Waals surface area contributed by atoms with Crippen molar-refractivity contribution in [3.8, 4) is 0 Å². The van der Waals surface area contributed by atoms with Crippen molar-refractivity contribution in [2.24, 2.45) is 0 Å². The van der Waals surface area contributed by atoms with Crippen molar-refractivity contribution in [2.45, 2.75) is 37.1 Å². The van der Waals surface area contributed by atoms with Gasteiger partial charge >= 0.3 is 0 Å². The molecular formula is C17H19BrFNS. The largest absolute Gasteiger partial charge is 0.310 e. The van der Waals surface area contributed by atoms with Gasteiger partial charge in [-0.1, -0.05) is 38.1 Å². The second-order valence-electron chi connectivity index (χ2n) is 5.18. The highest BCUT2D eigenvalue weighted by molar-refractivity contribution is 9.10. The maximum Gasteiger partial charge on any atom is 0.137 e. The van der Waals surface area contributed by atoms with Gasteiger partial charge in [-0.15, -0.1) is 11.8 Å². The van der Waals surface area contributed by atoms with Gasteiger partial charge in [0.25, 0.3) is 0 Å². The van der Waals surface area contributed by atoms with Crippen molar-refractivity contribution in [2.75, 3.05) is 0 Å². The molecule has 0 aliphatic carbocycles. The Bertz CT molecular complexity index is 601. The standard InChI is InChI=1S/C17H19BrFNS/c1-12(2)20-10-13-5-3-7-15(9-13)21-11-14-6-4-8-16(19)17(14)18/h3-9,12,20H,10-11H2,1-2H3. The third-order valence-electron chi connectivity index (χ3n) is 3.04. The van der Waals surface area contributed by atoms with Crippen molar-refractivity contribution >= 4 is 27.7 Å². The van der Waals surface area contributed by atoms with E-state index in [1.807, 2.05) is 6.07 Å². The number of benzene rings is 2. The molecule has 0 saturated heterocycles. The van der Waals surface area contributed by atoms with Crippen LogP contribution < -0.4 is 5.32 Å². The first-order valence-electron chi connectivity index (χ1n) is 6.94. The Morgan fingerprint density at radius 2 is 1.95 bits per heavy atom. The Hall–Kier alpha value is -0.840. The van der Waals surface area contributed by atoms with Crippen LogP contribution in [0.2, 0.25) is 0 Å². The fraction of sp³-hybridized carbons (Fsp3) is 0.294. The number of halogens is 2. The lowest BCUT2D eigenvalue weighted by Gasteiger charge is -2.10. The molecule has 0 aliphatic rings. The minimum atomic E-state index is -0.206. The average Bonchev–Trinajstić information content (AvgIpc) is 2.47. The van der Waals surface area contributed by atoms with Crippen LogP contribution in [0.15, 0.2) is 51.8 Å². The van der Waals surface area contributed by atoms with Crippen LogP contribution in [0, 0.1) is 5.82 Å². The van der Waals surface area contributed by atoms with Crippen molar-refractivity contribution in [3.63, 3.8) is 0 Å². The molecule has 0 unspecified atom stereocenters. The lowest BCUT2D eigenvalue weighted by molar-refractivity contribution is 0.588. The highest BCUT2D eigenvalue weighted by atomic mass is 79.9. The lowest BCUT2D eigenvalue weighted by Crippen LogP contribution is -2.21. The molecule has 0 aliphatic heterocycles. The van der Waals surface area contributed by atoms with Crippen LogP contribution in [-0.2, 0) is 12.3 Å². The molecule has 0 radical (unpaired) electrons.